The molecule has 0 bridgehead atoms. The second-order valence-corrected chi connectivity index (χ2v) is 6.17. The molecular formula is C20H21NO4. The third kappa shape index (κ3) is 3.50. The van der Waals surface area contributed by atoms with Gasteiger partial charge in [0.05, 0.1) is 0 Å². The first-order valence-corrected chi connectivity index (χ1v) is 8.43. The topological polar surface area (TPSA) is 86.4 Å². The van der Waals surface area contributed by atoms with E-state index in [1.807, 2.05) is 38.1 Å². The monoisotopic (exact) mass is 339 g/mol. The fraction of sp³-hybridized carbons (Fsp3) is 0.300. The van der Waals surface area contributed by atoms with E-state index >= 15 is 0 Å². The second kappa shape index (κ2) is 6.97. The quantitative estimate of drug-likeness (QED) is 0.654. The van der Waals surface area contributed by atoms with Gasteiger partial charge in [0.1, 0.15) is 11.3 Å². The van der Waals surface area contributed by atoms with E-state index in [4.69, 9.17) is 14.6 Å². The zero-order chi connectivity index (χ0) is 18.0. The zero-order valence-corrected chi connectivity index (χ0v) is 14.4. The number of benzene rings is 1. The number of carbonyl (C=O) groups is 2. The molecule has 3 aromatic rings. The molecule has 3 rings (SSSR count). The van der Waals surface area contributed by atoms with Crippen LogP contribution in [0.5, 0.6) is 0 Å². The van der Waals surface area contributed by atoms with Gasteiger partial charge >= 0.3 is 0 Å². The third-order valence-electron chi connectivity index (χ3n) is 4.29. The highest BCUT2D eigenvalue weighted by Crippen LogP contribution is 2.28. The molecular weight excluding hydrogens is 318 g/mol. The summed E-state index contributed by atoms with van der Waals surface area (Å²) in [6.45, 7) is 3.93. The average Bonchev–Trinajstić information content (AvgIpc) is 3.19. The molecule has 130 valence electrons. The maximum absolute atomic E-state index is 12.2. The van der Waals surface area contributed by atoms with Gasteiger partial charge in [0.2, 0.25) is 0 Å². The first kappa shape index (κ1) is 17.0. The zero-order valence-electron chi connectivity index (χ0n) is 14.4. The Balaban J connectivity index is 1.75. The summed E-state index contributed by atoms with van der Waals surface area (Å²) in [4.78, 5) is 23.9. The van der Waals surface area contributed by atoms with Gasteiger partial charge in [-0.3, -0.25) is 9.59 Å². The summed E-state index contributed by atoms with van der Waals surface area (Å²) >= 11 is 0. The van der Waals surface area contributed by atoms with Gasteiger partial charge in [-0.2, -0.15) is 0 Å². The fourth-order valence-corrected chi connectivity index (χ4v) is 2.97. The van der Waals surface area contributed by atoms with Crippen molar-refractivity contribution in [2.45, 2.75) is 39.5 Å². The summed E-state index contributed by atoms with van der Waals surface area (Å²) in [5, 5.41) is 0.873. The lowest BCUT2D eigenvalue weighted by atomic mass is 10.0. The molecule has 2 heterocycles. The summed E-state index contributed by atoms with van der Waals surface area (Å²) in [5.74, 6) is 0.743. The van der Waals surface area contributed by atoms with Gasteiger partial charge < -0.3 is 14.6 Å². The molecule has 2 N–H and O–H groups in total. The third-order valence-corrected chi connectivity index (χ3v) is 4.29. The molecule has 5 nitrogen and oxygen atoms in total. The van der Waals surface area contributed by atoms with Crippen LogP contribution in [0.2, 0.25) is 0 Å². The van der Waals surface area contributed by atoms with E-state index < -0.39 is 5.91 Å². The van der Waals surface area contributed by atoms with E-state index in [9.17, 15) is 9.59 Å². The SMILES string of the molecule is CCc1ccc(C(=O)CCCc2c(C(N)=O)oc3cc(C)ccc23)o1. The maximum Gasteiger partial charge on any atom is 0.284 e. The average molecular weight is 339 g/mol. The molecule has 0 aliphatic carbocycles. The number of furan rings is 2. The Labute approximate surface area is 145 Å². The van der Waals surface area contributed by atoms with Crippen LogP contribution in [0.1, 0.15) is 57.8 Å². The van der Waals surface area contributed by atoms with Crippen LogP contribution >= 0.6 is 0 Å². The second-order valence-electron chi connectivity index (χ2n) is 6.17. The van der Waals surface area contributed by atoms with Crippen LogP contribution in [-0.4, -0.2) is 11.7 Å². The maximum atomic E-state index is 12.2. The number of hydrogen-bond donors (Lipinski definition) is 1. The molecule has 1 amide bonds. The highest BCUT2D eigenvalue weighted by Gasteiger charge is 2.19. The molecule has 0 saturated carbocycles. The van der Waals surface area contributed by atoms with Gasteiger partial charge in [-0.1, -0.05) is 19.1 Å². The Morgan fingerprint density at radius 1 is 1.12 bits per heavy atom. The van der Waals surface area contributed by atoms with E-state index in [0.29, 0.717) is 30.6 Å². The summed E-state index contributed by atoms with van der Waals surface area (Å²) in [6.07, 6.45) is 2.23. The van der Waals surface area contributed by atoms with Gasteiger partial charge in [-0.05, 0) is 43.5 Å². The predicted octanol–water partition coefficient (Wildman–Crippen LogP) is 4.20. The van der Waals surface area contributed by atoms with Crippen molar-refractivity contribution >= 4 is 22.7 Å². The minimum absolute atomic E-state index is 0.0380. The normalized spacial score (nSPS) is 11.1. The fourth-order valence-electron chi connectivity index (χ4n) is 2.97. The Bertz CT molecular complexity index is 932. The molecule has 0 unspecified atom stereocenters. The number of ketones is 1. The van der Waals surface area contributed by atoms with Crippen LogP contribution in [0.3, 0.4) is 0 Å². The molecule has 5 heteroatoms. The van der Waals surface area contributed by atoms with Crippen molar-refractivity contribution in [2.24, 2.45) is 5.73 Å². The van der Waals surface area contributed by atoms with E-state index in [0.717, 1.165) is 28.7 Å². The van der Waals surface area contributed by atoms with Crippen molar-refractivity contribution < 1.29 is 18.4 Å². The lowest BCUT2D eigenvalue weighted by molar-refractivity contribution is 0.0951. The summed E-state index contributed by atoms with van der Waals surface area (Å²) in [5.41, 5.74) is 7.90. The van der Waals surface area contributed by atoms with E-state index in [2.05, 4.69) is 0 Å². The van der Waals surface area contributed by atoms with Crippen molar-refractivity contribution in [3.05, 3.63) is 58.7 Å². The minimum atomic E-state index is -0.589. The van der Waals surface area contributed by atoms with Gasteiger partial charge in [0, 0.05) is 23.8 Å². The molecule has 25 heavy (non-hydrogen) atoms. The van der Waals surface area contributed by atoms with Gasteiger partial charge in [0.15, 0.2) is 17.3 Å². The molecule has 2 aromatic heterocycles. The van der Waals surface area contributed by atoms with Crippen molar-refractivity contribution in [3.8, 4) is 0 Å². The summed E-state index contributed by atoms with van der Waals surface area (Å²) in [6, 6.07) is 9.31. The van der Waals surface area contributed by atoms with Crippen LogP contribution < -0.4 is 5.73 Å². The van der Waals surface area contributed by atoms with Crippen molar-refractivity contribution in [1.82, 2.24) is 0 Å². The molecule has 0 aliphatic rings. The number of Topliss-reactive ketones (excluding diaryl/α,β-unsaturated/α-hetero) is 1. The first-order chi connectivity index (χ1) is 12.0. The number of hydrogen-bond acceptors (Lipinski definition) is 4. The lowest BCUT2D eigenvalue weighted by Crippen LogP contribution is -2.12. The molecule has 0 aliphatic heterocycles. The van der Waals surface area contributed by atoms with Crippen LogP contribution in [0, 0.1) is 6.92 Å². The molecule has 0 saturated heterocycles. The van der Waals surface area contributed by atoms with E-state index in [1.165, 1.54) is 0 Å². The van der Waals surface area contributed by atoms with Crippen molar-refractivity contribution in [2.75, 3.05) is 0 Å². The molecule has 0 radical (unpaired) electrons. The molecule has 1 aromatic carbocycles. The van der Waals surface area contributed by atoms with Gasteiger partial charge in [0.25, 0.3) is 5.91 Å². The number of carbonyl (C=O) groups excluding carboxylic acids is 2. The van der Waals surface area contributed by atoms with Crippen LogP contribution in [0.4, 0.5) is 0 Å². The van der Waals surface area contributed by atoms with Crippen LogP contribution in [0.25, 0.3) is 11.0 Å². The van der Waals surface area contributed by atoms with Gasteiger partial charge in [-0.15, -0.1) is 0 Å². The lowest BCUT2D eigenvalue weighted by Gasteiger charge is -2.01. The Morgan fingerprint density at radius 3 is 2.60 bits per heavy atom. The first-order valence-electron chi connectivity index (χ1n) is 8.43. The van der Waals surface area contributed by atoms with Crippen molar-refractivity contribution in [1.29, 1.82) is 0 Å². The summed E-state index contributed by atoms with van der Waals surface area (Å²) in [7, 11) is 0. The van der Waals surface area contributed by atoms with Crippen LogP contribution in [0.15, 0.2) is 39.2 Å². The Hall–Kier alpha value is -2.82. The molecule has 0 fully saturated rings. The Morgan fingerprint density at radius 2 is 1.92 bits per heavy atom. The number of amides is 1. The molecule has 0 atom stereocenters. The largest absolute Gasteiger partial charge is 0.458 e. The van der Waals surface area contributed by atoms with Crippen molar-refractivity contribution in [3.63, 3.8) is 0 Å². The number of nitrogens with two attached hydrogens (primary N) is 1. The highest BCUT2D eigenvalue weighted by molar-refractivity contribution is 5.98. The molecule has 0 spiro atoms. The predicted molar refractivity (Wildman–Crippen MR) is 94.8 cm³/mol. The van der Waals surface area contributed by atoms with Crippen LogP contribution in [-0.2, 0) is 12.8 Å². The number of primary amides is 1. The highest BCUT2D eigenvalue weighted by atomic mass is 16.4. The van der Waals surface area contributed by atoms with E-state index in [-0.39, 0.29) is 11.5 Å². The minimum Gasteiger partial charge on any atom is -0.458 e. The summed E-state index contributed by atoms with van der Waals surface area (Å²) < 4.78 is 11.1. The van der Waals surface area contributed by atoms with Gasteiger partial charge in [-0.25, -0.2) is 0 Å². The number of aryl methyl sites for hydroxylation is 3. The Kier molecular flexibility index (Phi) is 4.74. The number of rotatable bonds is 7. The smallest absolute Gasteiger partial charge is 0.284 e. The standard InChI is InChI=1S/C20H21NO4/c1-3-13-8-10-17(24-13)16(22)6-4-5-15-14-9-7-12(2)11-18(14)25-19(15)20(21)23/h7-11H,3-6H2,1-2H3,(H2,21,23). The van der Waals surface area contributed by atoms with E-state index in [1.54, 1.807) is 6.07 Å². The number of fused-ring (bicyclic) bond motifs is 1.